The van der Waals surface area contributed by atoms with Gasteiger partial charge in [0.15, 0.2) is 5.92 Å². The molecule has 2 N–H and O–H groups in total. The lowest BCUT2D eigenvalue weighted by atomic mass is 10.0. The van der Waals surface area contributed by atoms with E-state index < -0.39 is 23.5 Å². The predicted molar refractivity (Wildman–Crippen MR) is 73.9 cm³/mol. The van der Waals surface area contributed by atoms with Crippen molar-refractivity contribution < 1.29 is 19.1 Å². The number of hydrogen-bond acceptors (Lipinski definition) is 6. The van der Waals surface area contributed by atoms with Crippen molar-refractivity contribution in [3.63, 3.8) is 0 Å². The average molecular weight is 280 g/mol. The van der Waals surface area contributed by atoms with E-state index in [1.165, 1.54) is 12.3 Å². The molecular weight excluding hydrogens is 260 g/mol. The fraction of sp³-hybridized carbons (Fsp3) is 0.500. The van der Waals surface area contributed by atoms with E-state index >= 15 is 0 Å². The van der Waals surface area contributed by atoms with Gasteiger partial charge in [-0.25, -0.2) is 4.98 Å². The van der Waals surface area contributed by atoms with E-state index in [1.54, 1.807) is 33.8 Å². The van der Waals surface area contributed by atoms with E-state index in [4.69, 9.17) is 15.2 Å². The molecule has 1 aromatic rings. The third-order valence-corrected chi connectivity index (χ3v) is 2.31. The molecule has 0 aromatic carbocycles. The summed E-state index contributed by atoms with van der Waals surface area (Å²) in [6.45, 7) is 7.04. The van der Waals surface area contributed by atoms with E-state index in [-0.39, 0.29) is 6.61 Å². The molecule has 6 heteroatoms. The highest BCUT2D eigenvalue weighted by Crippen LogP contribution is 2.22. The van der Waals surface area contributed by atoms with E-state index in [1.807, 2.05) is 0 Å². The molecular formula is C14H20N2O4. The summed E-state index contributed by atoms with van der Waals surface area (Å²) in [4.78, 5) is 28.0. The SMILES string of the molecule is CCOC(=O)C(C(=O)OC(C)(C)C)c1ccc(N)nc1. The van der Waals surface area contributed by atoms with Gasteiger partial charge in [-0.05, 0) is 39.3 Å². The molecule has 1 aromatic heterocycles. The lowest BCUT2D eigenvalue weighted by Gasteiger charge is -2.23. The van der Waals surface area contributed by atoms with Crippen molar-refractivity contribution >= 4 is 17.8 Å². The second kappa shape index (κ2) is 6.36. The van der Waals surface area contributed by atoms with Crippen LogP contribution in [0.5, 0.6) is 0 Å². The highest BCUT2D eigenvalue weighted by molar-refractivity contribution is 6.00. The van der Waals surface area contributed by atoms with Crippen LogP contribution < -0.4 is 5.73 Å². The topological polar surface area (TPSA) is 91.5 Å². The van der Waals surface area contributed by atoms with Gasteiger partial charge in [-0.15, -0.1) is 0 Å². The molecule has 0 saturated carbocycles. The summed E-state index contributed by atoms with van der Waals surface area (Å²) < 4.78 is 10.2. The minimum absolute atomic E-state index is 0.181. The summed E-state index contributed by atoms with van der Waals surface area (Å²) in [5.74, 6) is -2.17. The van der Waals surface area contributed by atoms with Crippen molar-refractivity contribution in [2.75, 3.05) is 12.3 Å². The number of nitrogens with two attached hydrogens (primary N) is 1. The molecule has 6 nitrogen and oxygen atoms in total. The van der Waals surface area contributed by atoms with Gasteiger partial charge in [0.05, 0.1) is 6.61 Å². The summed E-state index contributed by atoms with van der Waals surface area (Å²) in [7, 11) is 0. The highest BCUT2D eigenvalue weighted by atomic mass is 16.6. The molecule has 110 valence electrons. The fourth-order valence-corrected chi connectivity index (χ4v) is 1.54. The molecule has 0 saturated heterocycles. The number of anilines is 1. The molecule has 1 heterocycles. The van der Waals surface area contributed by atoms with Crippen LogP contribution in [-0.4, -0.2) is 29.1 Å². The molecule has 0 fully saturated rings. The molecule has 1 atom stereocenters. The molecule has 0 aliphatic rings. The number of rotatable bonds is 4. The van der Waals surface area contributed by atoms with Gasteiger partial charge < -0.3 is 15.2 Å². The van der Waals surface area contributed by atoms with E-state index in [0.29, 0.717) is 11.4 Å². The van der Waals surface area contributed by atoms with Gasteiger partial charge in [0.25, 0.3) is 0 Å². The maximum absolute atomic E-state index is 12.2. The first-order valence-electron chi connectivity index (χ1n) is 6.35. The summed E-state index contributed by atoms with van der Waals surface area (Å²) in [6, 6.07) is 3.08. The normalized spacial score (nSPS) is 12.6. The van der Waals surface area contributed by atoms with Crippen molar-refractivity contribution in [1.29, 1.82) is 0 Å². The predicted octanol–water partition coefficient (Wildman–Crippen LogP) is 1.65. The molecule has 0 spiro atoms. The maximum Gasteiger partial charge on any atom is 0.325 e. The second-order valence-electron chi connectivity index (χ2n) is 5.23. The van der Waals surface area contributed by atoms with Crippen LogP contribution >= 0.6 is 0 Å². The number of ether oxygens (including phenoxy) is 2. The maximum atomic E-state index is 12.2. The van der Waals surface area contributed by atoms with E-state index in [9.17, 15) is 9.59 Å². The number of carbonyl (C=O) groups excluding carboxylic acids is 2. The summed E-state index contributed by atoms with van der Waals surface area (Å²) in [5.41, 5.74) is 5.20. The Morgan fingerprint density at radius 3 is 2.40 bits per heavy atom. The minimum Gasteiger partial charge on any atom is -0.465 e. The van der Waals surface area contributed by atoms with E-state index in [2.05, 4.69) is 4.98 Å². The molecule has 1 rings (SSSR count). The lowest BCUT2D eigenvalue weighted by Crippen LogP contribution is -2.32. The summed E-state index contributed by atoms with van der Waals surface area (Å²) >= 11 is 0. The smallest absolute Gasteiger partial charge is 0.325 e. The average Bonchev–Trinajstić information content (AvgIpc) is 2.30. The Balaban J connectivity index is 3.05. The quantitative estimate of drug-likeness (QED) is 0.666. The van der Waals surface area contributed by atoms with Crippen LogP contribution in [0.1, 0.15) is 39.2 Å². The number of esters is 2. The number of nitrogen functional groups attached to an aromatic ring is 1. The summed E-state index contributed by atoms with van der Waals surface area (Å²) in [5, 5.41) is 0. The van der Waals surface area contributed by atoms with E-state index in [0.717, 1.165) is 0 Å². The Bertz CT molecular complexity index is 477. The standard InChI is InChI=1S/C14H20N2O4/c1-5-19-12(17)11(13(18)20-14(2,3)4)9-6-7-10(15)16-8-9/h6-8,11H,5H2,1-4H3,(H2,15,16). The third-order valence-electron chi connectivity index (χ3n) is 2.31. The highest BCUT2D eigenvalue weighted by Gasteiger charge is 2.34. The van der Waals surface area contributed by atoms with Crippen LogP contribution in [0, 0.1) is 0 Å². The Kier molecular flexibility index (Phi) is 5.07. The monoisotopic (exact) mass is 280 g/mol. The number of carbonyl (C=O) groups is 2. The molecule has 20 heavy (non-hydrogen) atoms. The summed E-state index contributed by atoms with van der Waals surface area (Å²) in [6.07, 6.45) is 1.38. The van der Waals surface area contributed by atoms with Gasteiger partial charge in [0, 0.05) is 6.20 Å². The van der Waals surface area contributed by atoms with Crippen LogP contribution in [0.3, 0.4) is 0 Å². The fourth-order valence-electron chi connectivity index (χ4n) is 1.54. The van der Waals surface area contributed by atoms with Gasteiger partial charge in [0.1, 0.15) is 11.4 Å². The van der Waals surface area contributed by atoms with Gasteiger partial charge in [0.2, 0.25) is 0 Å². The van der Waals surface area contributed by atoms with Crippen molar-refractivity contribution in [3.8, 4) is 0 Å². The first-order chi connectivity index (χ1) is 9.24. The number of hydrogen-bond donors (Lipinski definition) is 1. The number of pyridine rings is 1. The largest absolute Gasteiger partial charge is 0.465 e. The molecule has 0 radical (unpaired) electrons. The molecule has 0 aliphatic carbocycles. The van der Waals surface area contributed by atoms with Crippen molar-refractivity contribution in [2.45, 2.75) is 39.2 Å². The van der Waals surface area contributed by atoms with Crippen LogP contribution in [-0.2, 0) is 19.1 Å². The van der Waals surface area contributed by atoms with Gasteiger partial charge >= 0.3 is 11.9 Å². The van der Waals surface area contributed by atoms with Gasteiger partial charge in [-0.1, -0.05) is 6.07 Å². The Morgan fingerprint density at radius 2 is 1.95 bits per heavy atom. The number of nitrogens with zero attached hydrogens (tertiary/aromatic N) is 1. The third kappa shape index (κ3) is 4.53. The lowest BCUT2D eigenvalue weighted by molar-refractivity contribution is -0.164. The van der Waals surface area contributed by atoms with Crippen LogP contribution in [0.2, 0.25) is 0 Å². The van der Waals surface area contributed by atoms with Crippen LogP contribution in [0.25, 0.3) is 0 Å². The zero-order valence-electron chi connectivity index (χ0n) is 12.2. The van der Waals surface area contributed by atoms with Crippen LogP contribution in [0.15, 0.2) is 18.3 Å². The Labute approximate surface area is 118 Å². The van der Waals surface area contributed by atoms with Crippen molar-refractivity contribution in [3.05, 3.63) is 23.9 Å². The van der Waals surface area contributed by atoms with Crippen molar-refractivity contribution in [1.82, 2.24) is 4.98 Å². The molecule has 0 amide bonds. The van der Waals surface area contributed by atoms with Crippen LogP contribution in [0.4, 0.5) is 5.82 Å². The first kappa shape index (κ1) is 15.9. The first-order valence-corrected chi connectivity index (χ1v) is 6.35. The molecule has 0 bridgehead atoms. The zero-order valence-corrected chi connectivity index (χ0v) is 12.2. The zero-order chi connectivity index (χ0) is 15.3. The minimum atomic E-state index is -1.15. The second-order valence-corrected chi connectivity index (χ2v) is 5.23. The Hall–Kier alpha value is -2.11. The van der Waals surface area contributed by atoms with Gasteiger partial charge in [-0.3, -0.25) is 9.59 Å². The van der Waals surface area contributed by atoms with Crippen molar-refractivity contribution in [2.24, 2.45) is 0 Å². The van der Waals surface area contributed by atoms with Gasteiger partial charge in [-0.2, -0.15) is 0 Å². The molecule has 0 aliphatic heterocycles. The number of aromatic nitrogens is 1. The Morgan fingerprint density at radius 1 is 1.30 bits per heavy atom. The molecule has 1 unspecified atom stereocenters.